The normalized spacial score (nSPS) is 12.1. The number of hydrogen-bond donors (Lipinski definition) is 1. The van der Waals surface area contributed by atoms with E-state index in [-0.39, 0.29) is 11.8 Å². The summed E-state index contributed by atoms with van der Waals surface area (Å²) in [4.78, 5) is 17.7. The Morgan fingerprint density at radius 2 is 1.70 bits per heavy atom. The average Bonchev–Trinajstić information content (AvgIpc) is 3.26. The van der Waals surface area contributed by atoms with E-state index in [9.17, 15) is 4.79 Å². The van der Waals surface area contributed by atoms with Crippen LogP contribution in [-0.4, -0.2) is 18.0 Å². The van der Waals surface area contributed by atoms with Crippen molar-refractivity contribution in [2.24, 2.45) is 0 Å². The van der Waals surface area contributed by atoms with Crippen molar-refractivity contribution in [1.82, 2.24) is 4.98 Å². The quantitative estimate of drug-likeness (QED) is 0.307. The van der Waals surface area contributed by atoms with E-state index in [4.69, 9.17) is 9.72 Å². The fraction of sp³-hybridized carbons (Fsp3) is 0.143. The Hall–Kier alpha value is -3.70. The summed E-state index contributed by atoms with van der Waals surface area (Å²) < 4.78 is 6.48. The van der Waals surface area contributed by atoms with E-state index in [0.717, 1.165) is 43.9 Å². The summed E-state index contributed by atoms with van der Waals surface area (Å²) in [7, 11) is 1.66. The molecule has 5 aromatic rings. The molecule has 0 aliphatic heterocycles. The molecule has 1 amide bonds. The molecule has 0 spiro atoms. The lowest BCUT2D eigenvalue weighted by molar-refractivity contribution is -0.117. The van der Waals surface area contributed by atoms with Crippen LogP contribution < -0.4 is 10.1 Å². The van der Waals surface area contributed by atoms with Crippen molar-refractivity contribution in [3.8, 4) is 16.3 Å². The molecule has 164 valence electrons. The van der Waals surface area contributed by atoms with Gasteiger partial charge < -0.3 is 10.1 Å². The molecule has 0 saturated carbocycles. The Kier molecular flexibility index (Phi) is 5.56. The van der Waals surface area contributed by atoms with Gasteiger partial charge in [-0.3, -0.25) is 4.79 Å². The molecule has 0 radical (unpaired) electrons. The van der Waals surface area contributed by atoms with Crippen molar-refractivity contribution in [1.29, 1.82) is 0 Å². The molecule has 1 N–H and O–H groups in total. The Morgan fingerprint density at radius 3 is 2.48 bits per heavy atom. The highest BCUT2D eigenvalue weighted by atomic mass is 32.1. The van der Waals surface area contributed by atoms with Gasteiger partial charge in [0.2, 0.25) is 5.91 Å². The van der Waals surface area contributed by atoms with Crippen molar-refractivity contribution in [2.45, 2.75) is 19.8 Å². The Bertz CT molecular complexity index is 1470. The van der Waals surface area contributed by atoms with Gasteiger partial charge in [-0.25, -0.2) is 4.98 Å². The smallest absolute Gasteiger partial charge is 0.231 e. The number of carbonyl (C=O) groups excluding carboxylic acids is 1. The molecule has 1 atom stereocenters. The summed E-state index contributed by atoms with van der Waals surface area (Å²) in [6.45, 7) is 4.02. The lowest BCUT2D eigenvalue weighted by atomic mass is 9.97. The zero-order valence-electron chi connectivity index (χ0n) is 18.8. The molecular weight excluding hydrogens is 428 g/mol. The molecule has 4 nitrogen and oxygen atoms in total. The number of thiazole rings is 1. The van der Waals surface area contributed by atoms with Gasteiger partial charge in [-0.05, 0) is 84.3 Å². The van der Waals surface area contributed by atoms with Crippen LogP contribution in [0.2, 0.25) is 0 Å². The summed E-state index contributed by atoms with van der Waals surface area (Å²) in [5.41, 5.74) is 5.05. The number of carbonyl (C=O) groups is 1. The van der Waals surface area contributed by atoms with Gasteiger partial charge in [0.1, 0.15) is 10.8 Å². The second-order valence-corrected chi connectivity index (χ2v) is 9.28. The van der Waals surface area contributed by atoms with Crippen molar-refractivity contribution in [3.63, 3.8) is 0 Å². The van der Waals surface area contributed by atoms with Crippen molar-refractivity contribution in [3.05, 3.63) is 90.0 Å². The van der Waals surface area contributed by atoms with Crippen LogP contribution in [-0.2, 0) is 4.79 Å². The van der Waals surface area contributed by atoms with Crippen LogP contribution in [0.25, 0.3) is 31.6 Å². The van der Waals surface area contributed by atoms with Crippen LogP contribution >= 0.6 is 11.3 Å². The monoisotopic (exact) mass is 452 g/mol. The number of ether oxygens (including phenoxy) is 1. The predicted octanol–water partition coefficient (Wildman–Crippen LogP) is 7.18. The molecule has 0 aliphatic carbocycles. The molecule has 4 aromatic carbocycles. The first kappa shape index (κ1) is 21.2. The van der Waals surface area contributed by atoms with Gasteiger partial charge in [-0.15, -0.1) is 11.3 Å². The fourth-order valence-corrected chi connectivity index (χ4v) is 4.96. The molecule has 0 saturated heterocycles. The van der Waals surface area contributed by atoms with Gasteiger partial charge in [0.25, 0.3) is 0 Å². The summed E-state index contributed by atoms with van der Waals surface area (Å²) >= 11 is 1.68. The SMILES string of the molecule is COc1ccc2cc([C@H](C)C(=O)Nc3ccc(-c4nc5ccc(C)cc5s4)cc3)ccc2c1. The lowest BCUT2D eigenvalue weighted by Gasteiger charge is -2.14. The third-order valence-corrected chi connectivity index (χ3v) is 6.98. The summed E-state index contributed by atoms with van der Waals surface area (Å²) in [5.74, 6) is 0.514. The number of rotatable bonds is 5. The largest absolute Gasteiger partial charge is 0.497 e. The van der Waals surface area contributed by atoms with E-state index in [1.54, 1.807) is 18.4 Å². The maximum absolute atomic E-state index is 12.9. The van der Waals surface area contributed by atoms with Crippen LogP contribution in [0.5, 0.6) is 5.75 Å². The topological polar surface area (TPSA) is 51.2 Å². The Balaban J connectivity index is 1.31. The molecule has 1 heterocycles. The number of methoxy groups -OCH3 is 1. The Labute approximate surface area is 196 Å². The number of nitrogens with one attached hydrogen (secondary N) is 1. The molecule has 1 aromatic heterocycles. The van der Waals surface area contributed by atoms with E-state index in [1.807, 2.05) is 61.5 Å². The number of amides is 1. The maximum Gasteiger partial charge on any atom is 0.231 e. The van der Waals surface area contributed by atoms with Crippen LogP contribution in [0.1, 0.15) is 24.0 Å². The molecule has 0 unspecified atom stereocenters. The highest BCUT2D eigenvalue weighted by Gasteiger charge is 2.16. The summed E-state index contributed by atoms with van der Waals surface area (Å²) in [6, 6.07) is 26.2. The van der Waals surface area contributed by atoms with E-state index in [0.29, 0.717) is 0 Å². The minimum absolute atomic E-state index is 0.0360. The number of benzene rings is 4. The molecule has 5 heteroatoms. The molecule has 0 aliphatic rings. The number of hydrogen-bond acceptors (Lipinski definition) is 4. The molecule has 0 fully saturated rings. The molecule has 33 heavy (non-hydrogen) atoms. The van der Waals surface area contributed by atoms with Crippen molar-refractivity contribution < 1.29 is 9.53 Å². The van der Waals surface area contributed by atoms with E-state index < -0.39 is 0 Å². The van der Waals surface area contributed by atoms with E-state index >= 15 is 0 Å². The molecule has 5 rings (SSSR count). The number of fused-ring (bicyclic) bond motifs is 2. The van der Waals surface area contributed by atoms with Crippen LogP contribution in [0.3, 0.4) is 0 Å². The number of anilines is 1. The standard InChI is InChI=1S/C28H24N2O2S/c1-17-4-13-25-26(14-17)33-28(30-25)19-7-10-23(11-8-19)29-27(31)18(2)20-5-6-22-16-24(32-3)12-9-21(22)15-20/h4-16,18H,1-3H3,(H,29,31)/t18-/m0/s1. The summed E-state index contributed by atoms with van der Waals surface area (Å²) in [5, 5.41) is 6.20. The van der Waals surface area contributed by atoms with Gasteiger partial charge >= 0.3 is 0 Å². The van der Waals surface area contributed by atoms with Gasteiger partial charge in [0, 0.05) is 11.3 Å². The Morgan fingerprint density at radius 1 is 0.939 bits per heavy atom. The molecule has 0 bridgehead atoms. The summed E-state index contributed by atoms with van der Waals surface area (Å²) in [6.07, 6.45) is 0. The fourth-order valence-electron chi connectivity index (χ4n) is 3.89. The minimum Gasteiger partial charge on any atom is -0.497 e. The van der Waals surface area contributed by atoms with Crippen LogP contribution in [0.15, 0.2) is 78.9 Å². The number of aromatic nitrogens is 1. The number of aryl methyl sites for hydroxylation is 1. The second kappa shape index (κ2) is 8.68. The third-order valence-electron chi connectivity index (χ3n) is 5.91. The first-order chi connectivity index (χ1) is 16.0. The van der Waals surface area contributed by atoms with E-state index in [2.05, 4.69) is 36.5 Å². The first-order valence-corrected chi connectivity index (χ1v) is 11.7. The maximum atomic E-state index is 12.9. The van der Waals surface area contributed by atoms with Gasteiger partial charge in [0.15, 0.2) is 0 Å². The number of nitrogens with zero attached hydrogens (tertiary/aromatic N) is 1. The van der Waals surface area contributed by atoms with Crippen molar-refractivity contribution >= 4 is 43.9 Å². The first-order valence-electron chi connectivity index (χ1n) is 10.9. The van der Waals surface area contributed by atoms with Crippen LogP contribution in [0, 0.1) is 6.92 Å². The highest BCUT2D eigenvalue weighted by Crippen LogP contribution is 2.32. The van der Waals surface area contributed by atoms with Crippen molar-refractivity contribution in [2.75, 3.05) is 12.4 Å². The van der Waals surface area contributed by atoms with Crippen LogP contribution in [0.4, 0.5) is 5.69 Å². The second-order valence-electron chi connectivity index (χ2n) is 8.25. The van der Waals surface area contributed by atoms with E-state index in [1.165, 1.54) is 10.3 Å². The molecular formula is C28H24N2O2S. The van der Waals surface area contributed by atoms with Gasteiger partial charge in [0.05, 0.1) is 23.2 Å². The zero-order valence-corrected chi connectivity index (χ0v) is 19.6. The minimum atomic E-state index is -0.274. The predicted molar refractivity (Wildman–Crippen MR) is 137 cm³/mol. The van der Waals surface area contributed by atoms with Gasteiger partial charge in [-0.1, -0.05) is 30.3 Å². The highest BCUT2D eigenvalue weighted by molar-refractivity contribution is 7.21. The zero-order chi connectivity index (χ0) is 22.9. The van der Waals surface area contributed by atoms with Gasteiger partial charge in [-0.2, -0.15) is 0 Å². The lowest BCUT2D eigenvalue weighted by Crippen LogP contribution is -2.18. The average molecular weight is 453 g/mol. The third kappa shape index (κ3) is 4.32.